The van der Waals surface area contributed by atoms with E-state index < -0.39 is 0 Å². The molecular formula is C27H30BrN3O2. The first-order valence-electron chi connectivity index (χ1n) is 11.3. The lowest BCUT2D eigenvalue weighted by atomic mass is 9.91. The number of halogens is 1. The van der Waals surface area contributed by atoms with E-state index in [2.05, 4.69) is 96.5 Å². The number of carbonyl (C=O) groups excluding carboxylic acids is 2. The van der Waals surface area contributed by atoms with Crippen LogP contribution in [0.25, 0.3) is 22.0 Å². The lowest BCUT2D eigenvalue weighted by Gasteiger charge is -2.38. The van der Waals surface area contributed by atoms with Crippen LogP contribution < -0.4 is 5.32 Å². The number of likely N-dealkylation sites (tertiary alicyclic amines) is 1. The Bertz CT molecular complexity index is 1250. The maximum absolute atomic E-state index is 13.0. The van der Waals surface area contributed by atoms with E-state index in [1.165, 1.54) is 22.8 Å². The van der Waals surface area contributed by atoms with Gasteiger partial charge in [-0.25, -0.2) is 0 Å². The average Bonchev–Trinajstić information content (AvgIpc) is 3.01. The van der Waals surface area contributed by atoms with Crippen molar-refractivity contribution in [2.75, 3.05) is 13.1 Å². The highest BCUT2D eigenvalue weighted by atomic mass is 79.9. The summed E-state index contributed by atoms with van der Waals surface area (Å²) in [5, 5.41) is 4.22. The van der Waals surface area contributed by atoms with Crippen LogP contribution in [0.3, 0.4) is 0 Å². The Morgan fingerprint density at radius 2 is 1.91 bits per heavy atom. The molecule has 0 spiro atoms. The first-order valence-corrected chi connectivity index (χ1v) is 12.1. The molecule has 1 saturated heterocycles. The lowest BCUT2D eigenvalue weighted by molar-refractivity contribution is -0.133. The minimum absolute atomic E-state index is 0.0140. The van der Waals surface area contributed by atoms with Crippen molar-refractivity contribution < 1.29 is 9.59 Å². The van der Waals surface area contributed by atoms with Crippen LogP contribution in [-0.2, 0) is 16.1 Å². The zero-order valence-corrected chi connectivity index (χ0v) is 21.2. The Hall–Kier alpha value is -2.86. The summed E-state index contributed by atoms with van der Waals surface area (Å²) in [6.45, 7) is 13.4. The fourth-order valence-corrected chi connectivity index (χ4v) is 5.42. The van der Waals surface area contributed by atoms with Crippen LogP contribution >= 0.6 is 15.9 Å². The fourth-order valence-electron chi connectivity index (χ4n) is 4.84. The van der Waals surface area contributed by atoms with Crippen LogP contribution in [0.5, 0.6) is 0 Å². The molecule has 1 fully saturated rings. The van der Waals surface area contributed by atoms with Gasteiger partial charge in [0.1, 0.15) is 6.54 Å². The number of hydrogen-bond acceptors (Lipinski definition) is 2. The highest BCUT2D eigenvalue weighted by Crippen LogP contribution is 2.40. The number of rotatable bonds is 6. The monoisotopic (exact) mass is 507 g/mol. The SMILES string of the molecule is C=CC(=O)N1CC(NC(=O)Cn2c(C)c(-c3ccccc3C(C)C)c3cc(Br)cc(C)c32)C1. The van der Waals surface area contributed by atoms with Gasteiger partial charge in [-0.3, -0.25) is 9.59 Å². The number of aromatic nitrogens is 1. The molecule has 33 heavy (non-hydrogen) atoms. The molecule has 172 valence electrons. The molecule has 0 atom stereocenters. The Morgan fingerprint density at radius 3 is 2.58 bits per heavy atom. The molecular weight excluding hydrogens is 478 g/mol. The van der Waals surface area contributed by atoms with Gasteiger partial charge in [-0.15, -0.1) is 0 Å². The van der Waals surface area contributed by atoms with Gasteiger partial charge in [0.15, 0.2) is 0 Å². The van der Waals surface area contributed by atoms with Gasteiger partial charge in [0.2, 0.25) is 11.8 Å². The predicted octanol–water partition coefficient (Wildman–Crippen LogP) is 5.32. The van der Waals surface area contributed by atoms with Crippen molar-refractivity contribution in [1.82, 2.24) is 14.8 Å². The number of nitrogens with one attached hydrogen (secondary N) is 1. The minimum atomic E-state index is -0.0950. The van der Waals surface area contributed by atoms with Crippen LogP contribution in [0.2, 0.25) is 0 Å². The third kappa shape index (κ3) is 4.36. The molecule has 1 N–H and O–H groups in total. The van der Waals surface area contributed by atoms with Gasteiger partial charge in [-0.05, 0) is 54.7 Å². The van der Waals surface area contributed by atoms with Crippen LogP contribution in [-0.4, -0.2) is 40.4 Å². The second-order valence-electron chi connectivity index (χ2n) is 9.12. The molecule has 0 radical (unpaired) electrons. The second kappa shape index (κ2) is 9.18. The fraction of sp³-hybridized carbons (Fsp3) is 0.333. The highest BCUT2D eigenvalue weighted by Gasteiger charge is 2.30. The predicted molar refractivity (Wildman–Crippen MR) is 137 cm³/mol. The van der Waals surface area contributed by atoms with Gasteiger partial charge in [-0.2, -0.15) is 0 Å². The number of fused-ring (bicyclic) bond motifs is 1. The van der Waals surface area contributed by atoms with E-state index in [0.29, 0.717) is 19.0 Å². The molecule has 1 aromatic heterocycles. The molecule has 3 aromatic rings. The molecule has 6 heteroatoms. The van der Waals surface area contributed by atoms with Gasteiger partial charge in [0.05, 0.1) is 11.6 Å². The average molecular weight is 508 g/mol. The minimum Gasteiger partial charge on any atom is -0.348 e. The van der Waals surface area contributed by atoms with Crippen molar-refractivity contribution in [1.29, 1.82) is 0 Å². The largest absolute Gasteiger partial charge is 0.348 e. The summed E-state index contributed by atoms with van der Waals surface area (Å²) in [5.74, 6) is 0.245. The van der Waals surface area contributed by atoms with Gasteiger partial charge in [0.25, 0.3) is 0 Å². The van der Waals surface area contributed by atoms with Crippen LogP contribution in [0.1, 0.15) is 36.6 Å². The topological polar surface area (TPSA) is 54.3 Å². The van der Waals surface area contributed by atoms with Crippen molar-refractivity contribution in [2.24, 2.45) is 0 Å². The maximum atomic E-state index is 13.0. The third-order valence-corrected chi connectivity index (χ3v) is 6.92. The van der Waals surface area contributed by atoms with Gasteiger partial charge in [0, 0.05) is 34.2 Å². The second-order valence-corrected chi connectivity index (χ2v) is 10.0. The molecule has 1 aliphatic heterocycles. The molecule has 0 bridgehead atoms. The Morgan fingerprint density at radius 1 is 1.21 bits per heavy atom. The smallest absolute Gasteiger partial charge is 0.246 e. The Labute approximate surface area is 203 Å². The van der Waals surface area contributed by atoms with Gasteiger partial charge >= 0.3 is 0 Å². The molecule has 5 nitrogen and oxygen atoms in total. The van der Waals surface area contributed by atoms with E-state index in [4.69, 9.17) is 0 Å². The quantitative estimate of drug-likeness (QED) is 0.458. The number of aryl methyl sites for hydroxylation is 1. The molecule has 2 aromatic carbocycles. The van der Waals surface area contributed by atoms with E-state index in [0.717, 1.165) is 26.6 Å². The summed E-state index contributed by atoms with van der Waals surface area (Å²) in [6, 6.07) is 12.8. The lowest BCUT2D eigenvalue weighted by Crippen LogP contribution is -2.61. The summed E-state index contributed by atoms with van der Waals surface area (Å²) in [6.07, 6.45) is 1.31. The van der Waals surface area contributed by atoms with Crippen molar-refractivity contribution in [3.63, 3.8) is 0 Å². The van der Waals surface area contributed by atoms with E-state index >= 15 is 0 Å². The molecule has 1 aliphatic rings. The van der Waals surface area contributed by atoms with Crippen molar-refractivity contribution in [3.05, 3.63) is 70.3 Å². The molecule has 0 aliphatic carbocycles. The van der Waals surface area contributed by atoms with E-state index in [9.17, 15) is 9.59 Å². The van der Waals surface area contributed by atoms with E-state index in [1.807, 2.05) is 0 Å². The molecule has 2 amide bonds. The molecule has 0 saturated carbocycles. The Kier molecular flexibility index (Phi) is 6.48. The normalized spacial score (nSPS) is 13.9. The zero-order valence-electron chi connectivity index (χ0n) is 19.6. The summed E-state index contributed by atoms with van der Waals surface area (Å²) in [4.78, 5) is 26.3. The summed E-state index contributed by atoms with van der Waals surface area (Å²) >= 11 is 3.67. The summed E-state index contributed by atoms with van der Waals surface area (Å²) in [7, 11) is 0. The number of benzene rings is 2. The van der Waals surface area contributed by atoms with Crippen LogP contribution in [0.4, 0.5) is 0 Å². The van der Waals surface area contributed by atoms with Crippen molar-refractivity contribution in [2.45, 2.75) is 46.2 Å². The number of hydrogen-bond donors (Lipinski definition) is 1. The molecule has 2 heterocycles. The molecule has 4 rings (SSSR count). The van der Waals surface area contributed by atoms with E-state index in [1.54, 1.807) is 4.90 Å². The Balaban J connectivity index is 1.71. The first-order chi connectivity index (χ1) is 15.7. The zero-order chi connectivity index (χ0) is 23.9. The first kappa shape index (κ1) is 23.3. The number of amides is 2. The van der Waals surface area contributed by atoms with E-state index in [-0.39, 0.29) is 24.4 Å². The van der Waals surface area contributed by atoms with Gasteiger partial charge in [-0.1, -0.05) is 60.6 Å². The van der Waals surface area contributed by atoms with Crippen LogP contribution in [0, 0.1) is 13.8 Å². The third-order valence-electron chi connectivity index (χ3n) is 6.46. The van der Waals surface area contributed by atoms with Crippen LogP contribution in [0.15, 0.2) is 53.5 Å². The standard InChI is InChI=1S/C27H30BrN3O2/c1-6-25(33)30-13-20(14-30)29-24(32)15-31-18(5)26(22-10-8-7-9-21(22)16(2)3)23-12-19(28)11-17(4)27(23)31/h6-12,16,20H,1,13-15H2,2-5H3,(H,29,32). The van der Waals surface area contributed by atoms with Gasteiger partial charge < -0.3 is 14.8 Å². The molecule has 0 unspecified atom stereocenters. The van der Waals surface area contributed by atoms with Crippen molar-refractivity contribution in [3.8, 4) is 11.1 Å². The summed E-state index contributed by atoms with van der Waals surface area (Å²) in [5.41, 5.74) is 6.96. The summed E-state index contributed by atoms with van der Waals surface area (Å²) < 4.78 is 3.16. The van der Waals surface area contributed by atoms with Crippen molar-refractivity contribution >= 4 is 38.6 Å². The number of carbonyl (C=O) groups is 2. The highest BCUT2D eigenvalue weighted by molar-refractivity contribution is 9.10. The maximum Gasteiger partial charge on any atom is 0.246 e. The number of nitrogens with zero attached hydrogens (tertiary/aromatic N) is 2.